The van der Waals surface area contributed by atoms with Gasteiger partial charge in [-0.3, -0.25) is 4.21 Å². The molecule has 0 aromatic carbocycles. The quantitative estimate of drug-likeness (QED) is 0.385. The van der Waals surface area contributed by atoms with Gasteiger partial charge in [-0.1, -0.05) is 18.0 Å². The summed E-state index contributed by atoms with van der Waals surface area (Å²) in [7, 11) is 0. The fourth-order valence-corrected chi connectivity index (χ4v) is 0. The first kappa shape index (κ1) is 9.80. The first-order valence-corrected chi connectivity index (χ1v) is 2.57. The SMILES string of the molecule is CCS(=O)[O-].[Fe]. The Kier molecular flexibility index (Phi) is 9.20. The summed E-state index contributed by atoms with van der Waals surface area (Å²) < 4.78 is 18.7. The van der Waals surface area contributed by atoms with Crippen molar-refractivity contribution in [2.45, 2.75) is 6.92 Å². The molecule has 6 heavy (non-hydrogen) atoms. The molecule has 0 amide bonds. The Bertz CT molecular complexity index is 46.8. The molecule has 0 aromatic rings. The summed E-state index contributed by atoms with van der Waals surface area (Å²) >= 11 is -1.82. The van der Waals surface area contributed by atoms with E-state index in [1.54, 1.807) is 6.92 Å². The van der Waals surface area contributed by atoms with Gasteiger partial charge in [-0.15, -0.1) is 0 Å². The van der Waals surface area contributed by atoms with E-state index >= 15 is 0 Å². The van der Waals surface area contributed by atoms with Crippen LogP contribution in [-0.2, 0) is 28.1 Å². The molecule has 0 radical (unpaired) electrons. The maximum absolute atomic E-state index is 9.37. The van der Waals surface area contributed by atoms with Crippen LogP contribution in [0.2, 0.25) is 0 Å². The number of hydrogen-bond acceptors (Lipinski definition) is 2. The average molecular weight is 149 g/mol. The largest absolute Gasteiger partial charge is 0.772 e. The van der Waals surface area contributed by atoms with Crippen LogP contribution in [0.4, 0.5) is 0 Å². The zero-order chi connectivity index (χ0) is 4.28. The van der Waals surface area contributed by atoms with Gasteiger partial charge in [0, 0.05) is 22.8 Å². The molecule has 1 unspecified atom stereocenters. The molecule has 4 heteroatoms. The number of rotatable bonds is 1. The molecule has 0 aliphatic carbocycles. The summed E-state index contributed by atoms with van der Waals surface area (Å²) in [6, 6.07) is 0. The monoisotopic (exact) mass is 149 g/mol. The molecule has 0 fully saturated rings. The van der Waals surface area contributed by atoms with Crippen molar-refractivity contribution in [1.29, 1.82) is 0 Å². The predicted octanol–water partition coefficient (Wildman–Crippen LogP) is -0.117. The van der Waals surface area contributed by atoms with E-state index < -0.39 is 11.1 Å². The molecular weight excluding hydrogens is 144 g/mol. The first-order valence-electron chi connectivity index (χ1n) is 1.33. The zero-order valence-electron chi connectivity index (χ0n) is 3.29. The molecule has 2 nitrogen and oxygen atoms in total. The van der Waals surface area contributed by atoms with Crippen molar-refractivity contribution < 1.29 is 25.8 Å². The Balaban J connectivity index is 0. The van der Waals surface area contributed by atoms with Gasteiger partial charge in [-0.05, 0) is 0 Å². The fourth-order valence-electron chi connectivity index (χ4n) is 0. The van der Waals surface area contributed by atoms with Crippen LogP contribution in [0.15, 0.2) is 0 Å². The Morgan fingerprint density at radius 3 is 2.00 bits per heavy atom. The van der Waals surface area contributed by atoms with Gasteiger partial charge in [0.25, 0.3) is 0 Å². The molecule has 0 spiro atoms. The minimum Gasteiger partial charge on any atom is -0.772 e. The zero-order valence-corrected chi connectivity index (χ0v) is 5.21. The second-order valence-electron chi connectivity index (χ2n) is 0.592. The van der Waals surface area contributed by atoms with Gasteiger partial charge in [0.15, 0.2) is 0 Å². The third kappa shape index (κ3) is 8.82. The van der Waals surface area contributed by atoms with E-state index in [2.05, 4.69) is 0 Å². The summed E-state index contributed by atoms with van der Waals surface area (Å²) in [5.74, 6) is 0.222. The second kappa shape index (κ2) is 5.63. The molecule has 0 saturated heterocycles. The first-order chi connectivity index (χ1) is 2.27. The average Bonchev–Trinajstić information content (AvgIpc) is 1.38. The van der Waals surface area contributed by atoms with Crippen molar-refractivity contribution in [3.8, 4) is 0 Å². The van der Waals surface area contributed by atoms with E-state index in [4.69, 9.17) is 0 Å². The van der Waals surface area contributed by atoms with Crippen molar-refractivity contribution in [2.75, 3.05) is 5.75 Å². The smallest absolute Gasteiger partial charge is 0.00731 e. The van der Waals surface area contributed by atoms with E-state index in [1.165, 1.54) is 0 Å². The molecule has 0 bridgehead atoms. The molecule has 0 rings (SSSR count). The summed E-state index contributed by atoms with van der Waals surface area (Å²) in [5, 5.41) is 0. The third-order valence-electron chi connectivity index (χ3n) is 0.236. The van der Waals surface area contributed by atoms with E-state index in [9.17, 15) is 8.76 Å². The predicted molar refractivity (Wildman–Crippen MR) is 19.5 cm³/mol. The Labute approximate surface area is 50.1 Å². The molecule has 0 heterocycles. The van der Waals surface area contributed by atoms with Gasteiger partial charge in [0.05, 0.1) is 0 Å². The standard InChI is InChI=1S/C2H6O2S.Fe/c1-2-5(3)4;/h2H2,1H3,(H,3,4);/p-1. The van der Waals surface area contributed by atoms with Gasteiger partial charge in [0.1, 0.15) is 0 Å². The summed E-state index contributed by atoms with van der Waals surface area (Å²) in [6.45, 7) is 1.59. The van der Waals surface area contributed by atoms with Crippen LogP contribution in [-0.4, -0.2) is 14.5 Å². The second-order valence-corrected chi connectivity index (χ2v) is 1.78. The molecule has 0 saturated carbocycles. The fraction of sp³-hybridized carbons (Fsp3) is 1.00. The van der Waals surface area contributed by atoms with Gasteiger partial charge < -0.3 is 4.55 Å². The van der Waals surface area contributed by atoms with Gasteiger partial charge in [-0.25, -0.2) is 0 Å². The van der Waals surface area contributed by atoms with Crippen LogP contribution in [0.25, 0.3) is 0 Å². The van der Waals surface area contributed by atoms with Crippen molar-refractivity contribution >= 4 is 11.1 Å². The van der Waals surface area contributed by atoms with Crippen LogP contribution in [0.1, 0.15) is 6.92 Å². The van der Waals surface area contributed by atoms with Crippen molar-refractivity contribution in [3.63, 3.8) is 0 Å². The van der Waals surface area contributed by atoms with E-state index in [0.717, 1.165) is 0 Å². The molecule has 0 N–H and O–H groups in total. The maximum atomic E-state index is 9.37. The van der Waals surface area contributed by atoms with Crippen molar-refractivity contribution in [3.05, 3.63) is 0 Å². The Morgan fingerprint density at radius 2 is 2.00 bits per heavy atom. The molecule has 0 aromatic heterocycles. The van der Waals surface area contributed by atoms with Crippen LogP contribution in [0.3, 0.4) is 0 Å². The van der Waals surface area contributed by atoms with Gasteiger partial charge in [0.2, 0.25) is 0 Å². The van der Waals surface area contributed by atoms with Gasteiger partial charge >= 0.3 is 0 Å². The Hall–Kier alpha value is 0.629. The number of hydrogen-bond donors (Lipinski definition) is 0. The topological polar surface area (TPSA) is 40.1 Å². The molecule has 1 atom stereocenters. The minimum atomic E-state index is -1.82. The van der Waals surface area contributed by atoms with Crippen LogP contribution >= 0.6 is 0 Å². The maximum Gasteiger partial charge on any atom is 0.00731 e. The molecule has 40 valence electrons. The van der Waals surface area contributed by atoms with E-state index in [-0.39, 0.29) is 22.8 Å². The van der Waals surface area contributed by atoms with Crippen LogP contribution < -0.4 is 0 Å². The van der Waals surface area contributed by atoms with Crippen molar-refractivity contribution in [1.82, 2.24) is 0 Å². The van der Waals surface area contributed by atoms with E-state index in [0.29, 0.717) is 0 Å². The summed E-state index contributed by atoms with van der Waals surface area (Å²) in [6.07, 6.45) is 0. The summed E-state index contributed by atoms with van der Waals surface area (Å²) in [4.78, 5) is 0. The van der Waals surface area contributed by atoms with Crippen LogP contribution in [0.5, 0.6) is 0 Å². The third-order valence-corrected chi connectivity index (χ3v) is 0.707. The van der Waals surface area contributed by atoms with E-state index in [1.807, 2.05) is 0 Å². The minimum absolute atomic E-state index is 0. The van der Waals surface area contributed by atoms with Crippen LogP contribution in [0, 0.1) is 0 Å². The Morgan fingerprint density at radius 1 is 1.83 bits per heavy atom. The summed E-state index contributed by atoms with van der Waals surface area (Å²) in [5.41, 5.74) is 0. The van der Waals surface area contributed by atoms with Gasteiger partial charge in [-0.2, -0.15) is 0 Å². The molecular formula is C2H5FeO2S-. The molecule has 0 aliphatic heterocycles. The van der Waals surface area contributed by atoms with Crippen molar-refractivity contribution in [2.24, 2.45) is 0 Å². The molecule has 0 aliphatic rings. The normalized spacial score (nSPS) is 12.3.